The van der Waals surface area contributed by atoms with E-state index in [0.717, 1.165) is 25.3 Å². The Balaban J connectivity index is 2.55. The van der Waals surface area contributed by atoms with E-state index in [-0.39, 0.29) is 5.41 Å². The van der Waals surface area contributed by atoms with E-state index in [1.54, 1.807) is 0 Å². The van der Waals surface area contributed by atoms with E-state index < -0.39 is 0 Å². The van der Waals surface area contributed by atoms with Crippen molar-refractivity contribution in [2.75, 3.05) is 25.4 Å². The summed E-state index contributed by atoms with van der Waals surface area (Å²) in [6, 6.07) is 0.381. The molecule has 1 fully saturated rings. The van der Waals surface area contributed by atoms with E-state index in [1.165, 1.54) is 19.3 Å². The number of nitrogens with zero attached hydrogens (tertiary/aromatic N) is 1. The number of aliphatic hydroxyl groups is 1. The molecule has 0 bridgehead atoms. The van der Waals surface area contributed by atoms with E-state index in [2.05, 4.69) is 31.4 Å². The molecule has 2 nitrogen and oxygen atoms in total. The van der Waals surface area contributed by atoms with Crippen molar-refractivity contribution in [3.05, 3.63) is 0 Å². The lowest BCUT2D eigenvalue weighted by Crippen LogP contribution is -2.43. The van der Waals surface area contributed by atoms with Gasteiger partial charge >= 0.3 is 0 Å². The molecule has 1 aliphatic heterocycles. The molecule has 0 aromatic carbocycles. The molecule has 1 aliphatic rings. The van der Waals surface area contributed by atoms with Gasteiger partial charge in [-0.15, -0.1) is 0 Å². The molecular weight excluding hydrogens is 206 g/mol. The third-order valence-corrected chi connectivity index (χ3v) is 4.13. The van der Waals surface area contributed by atoms with Crippen molar-refractivity contribution in [3.63, 3.8) is 0 Å². The van der Waals surface area contributed by atoms with Crippen molar-refractivity contribution in [2.24, 2.45) is 5.41 Å². The average Bonchev–Trinajstić information content (AvgIpc) is 2.42. The Bertz CT molecular complexity index is 184. The number of hydrogen-bond acceptors (Lipinski definition) is 3. The molecule has 1 atom stereocenters. The molecule has 1 heterocycles. The number of rotatable bonds is 4. The first-order chi connectivity index (χ1) is 7.09. The van der Waals surface area contributed by atoms with E-state index in [1.807, 2.05) is 0 Å². The van der Waals surface area contributed by atoms with Crippen LogP contribution >= 0.6 is 12.6 Å². The molecule has 0 aromatic rings. The maximum atomic E-state index is 9.40. The summed E-state index contributed by atoms with van der Waals surface area (Å²) in [6.45, 7) is 7.01. The van der Waals surface area contributed by atoms with E-state index >= 15 is 0 Å². The summed E-state index contributed by atoms with van der Waals surface area (Å²) in [5.74, 6) is 0.904. The van der Waals surface area contributed by atoms with Gasteiger partial charge in [0.15, 0.2) is 0 Å². The summed E-state index contributed by atoms with van der Waals surface area (Å²) in [5.41, 5.74) is 0.251. The Morgan fingerprint density at radius 3 is 2.67 bits per heavy atom. The monoisotopic (exact) mass is 231 g/mol. The van der Waals surface area contributed by atoms with Crippen LogP contribution in [0.25, 0.3) is 0 Å². The van der Waals surface area contributed by atoms with Crippen LogP contribution in [0.4, 0.5) is 0 Å². The summed E-state index contributed by atoms with van der Waals surface area (Å²) >= 11 is 4.40. The maximum absolute atomic E-state index is 9.40. The molecular formula is C12H25NOS. The van der Waals surface area contributed by atoms with Gasteiger partial charge in [0.2, 0.25) is 0 Å². The molecule has 90 valence electrons. The minimum absolute atomic E-state index is 0.251. The highest BCUT2D eigenvalue weighted by molar-refractivity contribution is 7.80. The first kappa shape index (κ1) is 13.3. The molecule has 3 heteroatoms. The lowest BCUT2D eigenvalue weighted by molar-refractivity contribution is 0.0937. The normalized spacial score (nSPS) is 25.2. The van der Waals surface area contributed by atoms with Crippen LogP contribution in [-0.2, 0) is 0 Å². The van der Waals surface area contributed by atoms with Crippen molar-refractivity contribution < 1.29 is 5.11 Å². The van der Waals surface area contributed by atoms with Crippen LogP contribution in [0.2, 0.25) is 0 Å². The Morgan fingerprint density at radius 1 is 1.33 bits per heavy atom. The quantitative estimate of drug-likeness (QED) is 0.725. The zero-order valence-electron chi connectivity index (χ0n) is 10.1. The number of aliphatic hydroxyl groups excluding tert-OH is 1. The van der Waals surface area contributed by atoms with Gasteiger partial charge in [-0.1, -0.05) is 26.7 Å². The van der Waals surface area contributed by atoms with Gasteiger partial charge < -0.3 is 5.11 Å². The number of likely N-dealkylation sites (tertiary alicyclic amines) is 1. The minimum atomic E-state index is 0.251. The SMILES string of the molecule is CC(C)(CS)CN1CCCCCC1CO. The second-order valence-electron chi connectivity index (χ2n) is 5.48. The summed E-state index contributed by atoms with van der Waals surface area (Å²) in [6.07, 6.45) is 5.01. The van der Waals surface area contributed by atoms with Gasteiger partial charge in [-0.25, -0.2) is 0 Å². The van der Waals surface area contributed by atoms with Crippen LogP contribution in [0.3, 0.4) is 0 Å². The zero-order valence-corrected chi connectivity index (χ0v) is 11.0. The highest BCUT2D eigenvalue weighted by Crippen LogP contribution is 2.24. The van der Waals surface area contributed by atoms with Crippen molar-refractivity contribution in [3.8, 4) is 0 Å². The van der Waals surface area contributed by atoms with E-state index in [4.69, 9.17) is 0 Å². The first-order valence-corrected chi connectivity index (χ1v) is 6.68. The zero-order chi connectivity index (χ0) is 11.3. The molecule has 0 radical (unpaired) electrons. The molecule has 1 N–H and O–H groups in total. The summed E-state index contributed by atoms with van der Waals surface area (Å²) < 4.78 is 0. The van der Waals surface area contributed by atoms with Gasteiger partial charge in [0.1, 0.15) is 0 Å². The fourth-order valence-electron chi connectivity index (χ4n) is 2.25. The molecule has 0 saturated carbocycles. The largest absolute Gasteiger partial charge is 0.395 e. The lowest BCUT2D eigenvalue weighted by Gasteiger charge is -2.35. The topological polar surface area (TPSA) is 23.5 Å². The van der Waals surface area contributed by atoms with Crippen molar-refractivity contribution in [2.45, 2.75) is 45.6 Å². The van der Waals surface area contributed by atoms with Crippen molar-refractivity contribution in [1.29, 1.82) is 0 Å². The number of hydrogen-bond donors (Lipinski definition) is 2. The Labute approximate surface area is 99.5 Å². The highest BCUT2D eigenvalue weighted by atomic mass is 32.1. The molecule has 0 spiro atoms. The van der Waals surface area contributed by atoms with E-state index in [9.17, 15) is 5.11 Å². The Hall–Kier alpha value is 0.270. The molecule has 1 unspecified atom stereocenters. The minimum Gasteiger partial charge on any atom is -0.395 e. The standard InChI is InChI=1S/C12H25NOS/c1-12(2,10-15)9-13-7-5-3-4-6-11(13)8-14/h11,14-15H,3-10H2,1-2H3. The number of thiol groups is 1. The first-order valence-electron chi connectivity index (χ1n) is 6.05. The summed E-state index contributed by atoms with van der Waals surface area (Å²) in [4.78, 5) is 2.46. The van der Waals surface area contributed by atoms with Gasteiger partial charge in [-0.05, 0) is 30.6 Å². The third-order valence-electron chi connectivity index (χ3n) is 3.27. The van der Waals surface area contributed by atoms with E-state index in [0.29, 0.717) is 12.6 Å². The summed E-state index contributed by atoms with van der Waals surface area (Å²) in [7, 11) is 0. The van der Waals surface area contributed by atoms with Crippen LogP contribution in [0.1, 0.15) is 39.5 Å². The molecule has 0 amide bonds. The third kappa shape index (κ3) is 4.33. The van der Waals surface area contributed by atoms with Gasteiger partial charge in [-0.3, -0.25) is 4.90 Å². The van der Waals surface area contributed by atoms with Crippen LogP contribution in [0.5, 0.6) is 0 Å². The van der Waals surface area contributed by atoms with Gasteiger partial charge in [0.25, 0.3) is 0 Å². The predicted octanol–water partition coefficient (Wildman–Crippen LogP) is 2.18. The fourth-order valence-corrected chi connectivity index (χ4v) is 2.35. The lowest BCUT2D eigenvalue weighted by atomic mass is 9.94. The van der Waals surface area contributed by atoms with Crippen LogP contribution < -0.4 is 0 Å². The highest BCUT2D eigenvalue weighted by Gasteiger charge is 2.26. The predicted molar refractivity (Wildman–Crippen MR) is 68.5 cm³/mol. The second kappa shape index (κ2) is 6.12. The molecule has 0 aromatic heterocycles. The van der Waals surface area contributed by atoms with Gasteiger partial charge in [0.05, 0.1) is 6.61 Å². The molecule has 0 aliphatic carbocycles. The Kier molecular flexibility index (Phi) is 5.44. The van der Waals surface area contributed by atoms with Crippen molar-refractivity contribution in [1.82, 2.24) is 4.90 Å². The molecule has 1 saturated heterocycles. The average molecular weight is 231 g/mol. The maximum Gasteiger partial charge on any atom is 0.0586 e. The molecule has 1 rings (SSSR count). The van der Waals surface area contributed by atoms with Crippen LogP contribution in [0, 0.1) is 5.41 Å². The summed E-state index contributed by atoms with van der Waals surface area (Å²) in [5, 5.41) is 9.40. The van der Waals surface area contributed by atoms with Crippen LogP contribution in [0.15, 0.2) is 0 Å². The Morgan fingerprint density at radius 2 is 2.07 bits per heavy atom. The van der Waals surface area contributed by atoms with Crippen molar-refractivity contribution >= 4 is 12.6 Å². The second-order valence-corrected chi connectivity index (χ2v) is 5.79. The van der Waals surface area contributed by atoms with Gasteiger partial charge in [-0.2, -0.15) is 12.6 Å². The fraction of sp³-hybridized carbons (Fsp3) is 1.00. The van der Waals surface area contributed by atoms with Gasteiger partial charge in [0, 0.05) is 12.6 Å². The smallest absolute Gasteiger partial charge is 0.0586 e. The van der Waals surface area contributed by atoms with Crippen LogP contribution in [-0.4, -0.2) is 41.5 Å². The molecule has 15 heavy (non-hydrogen) atoms.